The van der Waals surface area contributed by atoms with Crippen molar-refractivity contribution in [3.8, 4) is 0 Å². The second kappa shape index (κ2) is 3.48. The van der Waals surface area contributed by atoms with E-state index in [0.717, 1.165) is 10.9 Å². The highest BCUT2D eigenvalue weighted by molar-refractivity contribution is 7.14. The predicted octanol–water partition coefficient (Wildman–Crippen LogP) is 3.38. The molecule has 1 saturated carbocycles. The Kier molecular flexibility index (Phi) is 2.35. The molecule has 1 fully saturated rings. The zero-order chi connectivity index (χ0) is 8.39. The van der Waals surface area contributed by atoms with Crippen LogP contribution in [0.25, 0.3) is 0 Å². The van der Waals surface area contributed by atoms with Crippen molar-refractivity contribution in [1.82, 2.24) is 0 Å². The van der Waals surface area contributed by atoms with E-state index in [9.17, 15) is 0 Å². The van der Waals surface area contributed by atoms with Crippen LogP contribution in [-0.4, -0.2) is 0 Å². The smallest absolute Gasteiger partial charge is 0.0859 e. The fourth-order valence-corrected chi connectivity index (χ4v) is 2.76. The Labute approximate surface area is 77.6 Å². The van der Waals surface area contributed by atoms with Gasteiger partial charge in [0.2, 0.25) is 0 Å². The molecule has 0 amide bonds. The van der Waals surface area contributed by atoms with Crippen LogP contribution in [0.4, 0.5) is 5.00 Å². The van der Waals surface area contributed by atoms with Crippen LogP contribution >= 0.6 is 11.3 Å². The van der Waals surface area contributed by atoms with Gasteiger partial charge in [0.15, 0.2) is 0 Å². The maximum atomic E-state index is 5.70. The average molecular weight is 181 g/mol. The van der Waals surface area contributed by atoms with Gasteiger partial charge in [-0.1, -0.05) is 19.3 Å². The van der Waals surface area contributed by atoms with Crippen molar-refractivity contribution in [2.24, 2.45) is 0 Å². The van der Waals surface area contributed by atoms with E-state index < -0.39 is 0 Å². The Balaban J connectivity index is 2.08. The summed E-state index contributed by atoms with van der Waals surface area (Å²) in [6.45, 7) is 0. The summed E-state index contributed by atoms with van der Waals surface area (Å²) in [4.78, 5) is 0. The molecule has 1 aromatic heterocycles. The minimum atomic E-state index is 0.812. The Morgan fingerprint density at radius 2 is 2.00 bits per heavy atom. The molecule has 0 bridgehead atoms. The highest BCUT2D eigenvalue weighted by atomic mass is 32.1. The van der Waals surface area contributed by atoms with Gasteiger partial charge in [0, 0.05) is 0 Å². The molecule has 66 valence electrons. The lowest BCUT2D eigenvalue weighted by Gasteiger charge is -2.20. The summed E-state index contributed by atoms with van der Waals surface area (Å²) < 4.78 is 0. The Morgan fingerprint density at radius 1 is 1.25 bits per heavy atom. The molecule has 0 saturated heterocycles. The molecule has 1 heterocycles. The number of nitrogen functional groups attached to an aromatic ring is 1. The summed E-state index contributed by atoms with van der Waals surface area (Å²) in [6, 6.07) is 2.15. The van der Waals surface area contributed by atoms with Crippen molar-refractivity contribution in [2.45, 2.75) is 38.0 Å². The van der Waals surface area contributed by atoms with Gasteiger partial charge in [-0.15, -0.1) is 11.3 Å². The Hall–Kier alpha value is -0.500. The first-order valence-electron chi connectivity index (χ1n) is 4.70. The second-order valence-electron chi connectivity index (χ2n) is 3.62. The monoisotopic (exact) mass is 181 g/mol. The maximum absolute atomic E-state index is 5.70. The predicted molar refractivity (Wildman–Crippen MR) is 54.6 cm³/mol. The van der Waals surface area contributed by atoms with Gasteiger partial charge in [-0.2, -0.15) is 0 Å². The van der Waals surface area contributed by atoms with Crippen LogP contribution in [0.2, 0.25) is 0 Å². The van der Waals surface area contributed by atoms with Crippen molar-refractivity contribution in [2.75, 3.05) is 5.73 Å². The first kappa shape index (κ1) is 8.11. The van der Waals surface area contributed by atoms with E-state index in [2.05, 4.69) is 11.4 Å². The Morgan fingerprint density at radius 3 is 2.58 bits per heavy atom. The molecule has 0 aliphatic heterocycles. The molecule has 1 aromatic rings. The van der Waals surface area contributed by atoms with E-state index in [1.165, 1.54) is 37.7 Å². The first-order chi connectivity index (χ1) is 5.86. The highest BCUT2D eigenvalue weighted by Crippen LogP contribution is 2.35. The highest BCUT2D eigenvalue weighted by Gasteiger charge is 2.15. The lowest BCUT2D eigenvalue weighted by molar-refractivity contribution is 0.444. The lowest BCUT2D eigenvalue weighted by Crippen LogP contribution is -2.02. The topological polar surface area (TPSA) is 26.0 Å². The molecule has 2 rings (SSSR count). The number of thiophene rings is 1. The molecule has 1 nitrogen and oxygen atoms in total. The number of rotatable bonds is 1. The summed E-state index contributed by atoms with van der Waals surface area (Å²) in [5.41, 5.74) is 7.19. The van der Waals surface area contributed by atoms with Gasteiger partial charge in [0.1, 0.15) is 0 Å². The van der Waals surface area contributed by atoms with E-state index in [0.29, 0.717) is 0 Å². The van der Waals surface area contributed by atoms with Crippen LogP contribution in [0.5, 0.6) is 0 Å². The summed E-state index contributed by atoms with van der Waals surface area (Å²) in [6.07, 6.45) is 6.98. The zero-order valence-electron chi connectivity index (χ0n) is 7.25. The van der Waals surface area contributed by atoms with E-state index in [4.69, 9.17) is 5.73 Å². The number of hydrogen-bond donors (Lipinski definition) is 1. The van der Waals surface area contributed by atoms with Gasteiger partial charge in [0.05, 0.1) is 5.00 Å². The second-order valence-corrected chi connectivity index (χ2v) is 4.56. The standard InChI is InChI=1S/C10H15NS/c11-10-6-9(7-12-10)8-4-2-1-3-5-8/h6-8H,1-5,11H2. The SMILES string of the molecule is Nc1cc(C2CCCCC2)cs1. The number of hydrogen-bond acceptors (Lipinski definition) is 2. The van der Waals surface area contributed by atoms with Gasteiger partial charge in [-0.3, -0.25) is 0 Å². The van der Waals surface area contributed by atoms with Crippen LogP contribution in [0, 0.1) is 0 Å². The Bertz CT molecular complexity index is 248. The third kappa shape index (κ3) is 1.63. The van der Waals surface area contributed by atoms with Crippen molar-refractivity contribution >= 4 is 16.3 Å². The quantitative estimate of drug-likeness (QED) is 0.706. The van der Waals surface area contributed by atoms with E-state index in [-0.39, 0.29) is 0 Å². The molecular formula is C10H15NS. The van der Waals surface area contributed by atoms with E-state index in [1.54, 1.807) is 11.3 Å². The third-order valence-corrected chi connectivity index (χ3v) is 3.50. The van der Waals surface area contributed by atoms with Gasteiger partial charge in [0.25, 0.3) is 0 Å². The molecule has 0 spiro atoms. The van der Waals surface area contributed by atoms with Crippen LogP contribution < -0.4 is 5.73 Å². The largest absolute Gasteiger partial charge is 0.391 e. The molecular weight excluding hydrogens is 166 g/mol. The van der Waals surface area contributed by atoms with Crippen LogP contribution in [0.1, 0.15) is 43.6 Å². The fraction of sp³-hybridized carbons (Fsp3) is 0.600. The molecule has 1 aliphatic carbocycles. The molecule has 0 unspecified atom stereocenters. The molecule has 12 heavy (non-hydrogen) atoms. The van der Waals surface area contributed by atoms with Gasteiger partial charge in [-0.25, -0.2) is 0 Å². The molecule has 0 atom stereocenters. The van der Waals surface area contributed by atoms with Gasteiger partial charge < -0.3 is 5.73 Å². The van der Waals surface area contributed by atoms with E-state index in [1.807, 2.05) is 0 Å². The lowest BCUT2D eigenvalue weighted by atomic mass is 9.85. The number of anilines is 1. The van der Waals surface area contributed by atoms with Crippen molar-refractivity contribution in [1.29, 1.82) is 0 Å². The van der Waals surface area contributed by atoms with Crippen molar-refractivity contribution in [3.63, 3.8) is 0 Å². The summed E-state index contributed by atoms with van der Waals surface area (Å²) in [5.74, 6) is 0.812. The van der Waals surface area contributed by atoms with Gasteiger partial charge in [-0.05, 0) is 35.8 Å². The van der Waals surface area contributed by atoms with Crippen LogP contribution in [0.15, 0.2) is 11.4 Å². The fourth-order valence-electron chi connectivity index (χ4n) is 2.02. The molecule has 2 heteroatoms. The van der Waals surface area contributed by atoms with Crippen molar-refractivity contribution in [3.05, 3.63) is 17.0 Å². The van der Waals surface area contributed by atoms with E-state index >= 15 is 0 Å². The van der Waals surface area contributed by atoms with Gasteiger partial charge >= 0.3 is 0 Å². The van der Waals surface area contributed by atoms with Crippen molar-refractivity contribution < 1.29 is 0 Å². The third-order valence-electron chi connectivity index (χ3n) is 2.72. The summed E-state index contributed by atoms with van der Waals surface area (Å²) >= 11 is 1.68. The molecule has 0 radical (unpaired) electrons. The first-order valence-corrected chi connectivity index (χ1v) is 5.58. The maximum Gasteiger partial charge on any atom is 0.0859 e. The normalized spacial score (nSPS) is 19.7. The number of nitrogens with two attached hydrogens (primary N) is 1. The summed E-state index contributed by atoms with van der Waals surface area (Å²) in [5, 5.41) is 3.20. The van der Waals surface area contributed by atoms with Crippen LogP contribution in [0.3, 0.4) is 0 Å². The van der Waals surface area contributed by atoms with Crippen LogP contribution in [-0.2, 0) is 0 Å². The minimum absolute atomic E-state index is 0.812. The minimum Gasteiger partial charge on any atom is -0.391 e. The molecule has 0 aromatic carbocycles. The molecule has 2 N–H and O–H groups in total. The summed E-state index contributed by atoms with van der Waals surface area (Å²) in [7, 11) is 0. The average Bonchev–Trinajstić information content (AvgIpc) is 2.54. The molecule has 1 aliphatic rings. The zero-order valence-corrected chi connectivity index (χ0v) is 8.07.